The fourth-order valence-corrected chi connectivity index (χ4v) is 2.41. The largest absolute Gasteiger partial charge is 0.378 e. The molecule has 6 heteroatoms. The van der Waals surface area contributed by atoms with E-state index in [1.807, 2.05) is 0 Å². The molecule has 0 radical (unpaired) electrons. The molecule has 1 saturated carbocycles. The zero-order valence-corrected chi connectivity index (χ0v) is 9.68. The molecule has 1 heterocycles. The minimum Gasteiger partial charge on any atom is -0.378 e. The fourth-order valence-electron chi connectivity index (χ4n) is 2.41. The van der Waals surface area contributed by atoms with Gasteiger partial charge in [-0.15, -0.1) is 4.39 Å². The molecule has 94 valence electrons. The molecule has 1 aliphatic rings. The zero-order valence-electron chi connectivity index (χ0n) is 9.68. The van der Waals surface area contributed by atoms with Gasteiger partial charge < -0.3 is 5.32 Å². The van der Waals surface area contributed by atoms with Crippen LogP contribution in [0.5, 0.6) is 0 Å². The average Bonchev–Trinajstić information content (AvgIpc) is 2.89. The molecule has 1 aromatic heterocycles. The Morgan fingerprint density at radius 2 is 2.12 bits per heavy atom. The fraction of sp³-hybridized carbons (Fsp3) is 0.636. The third-order valence-electron chi connectivity index (χ3n) is 3.35. The third-order valence-corrected chi connectivity index (χ3v) is 3.35. The van der Waals surface area contributed by atoms with Crippen LogP contribution in [-0.4, -0.2) is 22.7 Å². The summed E-state index contributed by atoms with van der Waals surface area (Å²) >= 11 is 0. The van der Waals surface area contributed by atoms with E-state index in [9.17, 15) is 9.18 Å². The van der Waals surface area contributed by atoms with Gasteiger partial charge in [-0.05, 0) is 12.3 Å². The molecular formula is C11H18FN4O+. The summed E-state index contributed by atoms with van der Waals surface area (Å²) in [7, 11) is 0. The normalized spacial score (nSPS) is 16.3. The summed E-state index contributed by atoms with van der Waals surface area (Å²) in [5.74, 6) is -0.151. The molecule has 1 aliphatic carbocycles. The topological polar surface area (TPSA) is 86.3 Å². The first-order valence-electron chi connectivity index (χ1n) is 6.01. The van der Waals surface area contributed by atoms with Crippen LogP contribution >= 0.6 is 0 Å². The maximum Gasteiger partial charge on any atom is 0.378 e. The number of rotatable bonds is 5. The number of nitrogens with two attached hydrogens (primary N) is 1. The molecular weight excluding hydrogens is 223 g/mol. The van der Waals surface area contributed by atoms with Crippen LogP contribution in [0.4, 0.5) is 10.1 Å². The lowest BCUT2D eigenvalue weighted by Crippen LogP contribution is -2.38. The van der Waals surface area contributed by atoms with Crippen molar-refractivity contribution in [2.24, 2.45) is 5.92 Å². The second-order valence-corrected chi connectivity index (χ2v) is 4.54. The standard InChI is InChI=1S/C11H17FN4O/c12-10(13)8-9(11(17)16-15-8)14-6-5-7-3-1-2-4-7/h7,13-14H,1-6H2,(H2,15,16,17)/p+1. The Hall–Kier alpha value is -1.59. The zero-order chi connectivity index (χ0) is 12.3. The minimum atomic E-state index is -0.883. The van der Waals surface area contributed by atoms with E-state index in [1.54, 1.807) is 0 Å². The number of H-pyrrole nitrogens is 2. The van der Waals surface area contributed by atoms with Crippen LogP contribution in [0.1, 0.15) is 37.8 Å². The van der Waals surface area contributed by atoms with Crippen molar-refractivity contribution in [3.63, 3.8) is 0 Å². The number of anilines is 1. The Labute approximate surface area is 98.3 Å². The van der Waals surface area contributed by atoms with Gasteiger partial charge in [-0.3, -0.25) is 15.0 Å². The van der Waals surface area contributed by atoms with Crippen molar-refractivity contribution in [3.8, 4) is 0 Å². The Bertz CT molecular complexity index is 445. The molecule has 0 aliphatic heterocycles. The molecule has 0 unspecified atom stereocenters. The van der Waals surface area contributed by atoms with Gasteiger partial charge in [-0.2, -0.15) is 0 Å². The van der Waals surface area contributed by atoms with Gasteiger partial charge in [-0.25, -0.2) is 5.41 Å². The summed E-state index contributed by atoms with van der Waals surface area (Å²) in [6.45, 7) is 0.672. The molecule has 0 amide bonds. The first kappa shape index (κ1) is 11.9. The van der Waals surface area contributed by atoms with E-state index in [1.165, 1.54) is 25.7 Å². The van der Waals surface area contributed by atoms with Crippen LogP contribution < -0.4 is 16.3 Å². The van der Waals surface area contributed by atoms with Gasteiger partial charge in [0.15, 0.2) is 5.69 Å². The number of hydrogen-bond acceptors (Lipinski definition) is 2. The van der Waals surface area contributed by atoms with E-state index in [2.05, 4.69) is 15.5 Å². The van der Waals surface area contributed by atoms with Crippen molar-refractivity contribution >= 4 is 11.7 Å². The lowest BCUT2D eigenvalue weighted by Gasteiger charge is -2.09. The number of hydrogen-bond donors (Lipinski definition) is 4. The Kier molecular flexibility index (Phi) is 3.61. The van der Waals surface area contributed by atoms with Gasteiger partial charge in [0, 0.05) is 6.54 Å². The van der Waals surface area contributed by atoms with E-state index in [0.717, 1.165) is 12.3 Å². The molecule has 0 bridgehead atoms. The number of nitrogens with one attached hydrogen (secondary N) is 3. The molecule has 1 aromatic rings. The third kappa shape index (κ3) is 2.75. The maximum absolute atomic E-state index is 12.9. The Morgan fingerprint density at radius 3 is 2.76 bits per heavy atom. The SMILES string of the molecule is [NH2+]=C(F)c1[nH][nH]c(=O)c1NCCC1CCCC1. The van der Waals surface area contributed by atoms with Gasteiger partial charge in [0.2, 0.25) is 0 Å². The Balaban J connectivity index is 1.91. The van der Waals surface area contributed by atoms with Gasteiger partial charge in [0.25, 0.3) is 5.56 Å². The molecule has 5 N–H and O–H groups in total. The van der Waals surface area contributed by atoms with Crippen molar-refractivity contribution in [1.82, 2.24) is 10.2 Å². The van der Waals surface area contributed by atoms with Gasteiger partial charge in [0.1, 0.15) is 5.69 Å². The smallest absolute Gasteiger partial charge is 0.378 e. The quantitative estimate of drug-likeness (QED) is 0.554. The van der Waals surface area contributed by atoms with Crippen LogP contribution in [0.3, 0.4) is 0 Å². The number of aromatic amines is 2. The molecule has 1 fully saturated rings. The monoisotopic (exact) mass is 241 g/mol. The second kappa shape index (κ2) is 5.16. The number of halogens is 1. The maximum atomic E-state index is 12.9. The van der Waals surface area contributed by atoms with Crippen molar-refractivity contribution in [1.29, 1.82) is 0 Å². The van der Waals surface area contributed by atoms with Crippen LogP contribution in [0, 0.1) is 5.92 Å². The Morgan fingerprint density at radius 1 is 1.41 bits per heavy atom. The lowest BCUT2D eigenvalue weighted by molar-refractivity contribution is -0.125. The molecule has 0 aromatic carbocycles. The number of aromatic nitrogens is 2. The summed E-state index contributed by atoms with van der Waals surface area (Å²) in [5, 5.41) is 12.7. The van der Waals surface area contributed by atoms with E-state index in [-0.39, 0.29) is 16.9 Å². The van der Waals surface area contributed by atoms with Crippen LogP contribution in [-0.2, 0) is 0 Å². The molecule has 0 atom stereocenters. The summed E-state index contributed by atoms with van der Waals surface area (Å²) in [4.78, 5) is 11.4. The van der Waals surface area contributed by atoms with Crippen molar-refractivity contribution in [2.45, 2.75) is 32.1 Å². The summed E-state index contributed by atoms with van der Waals surface area (Å²) in [6, 6.07) is 0. The summed E-state index contributed by atoms with van der Waals surface area (Å²) in [6.07, 6.45) is 6.12. The molecule has 17 heavy (non-hydrogen) atoms. The first-order valence-corrected chi connectivity index (χ1v) is 6.01. The summed E-state index contributed by atoms with van der Waals surface area (Å²) in [5.41, 5.74) is -0.156. The molecule has 2 rings (SSSR count). The molecule has 0 saturated heterocycles. The van der Waals surface area contributed by atoms with Crippen molar-refractivity contribution < 1.29 is 9.80 Å². The van der Waals surface area contributed by atoms with E-state index in [0.29, 0.717) is 6.54 Å². The van der Waals surface area contributed by atoms with E-state index < -0.39 is 5.97 Å². The van der Waals surface area contributed by atoms with Crippen LogP contribution in [0.25, 0.3) is 0 Å². The van der Waals surface area contributed by atoms with Gasteiger partial charge in [0.05, 0.1) is 0 Å². The van der Waals surface area contributed by atoms with Crippen molar-refractivity contribution in [3.05, 3.63) is 16.0 Å². The van der Waals surface area contributed by atoms with E-state index in [4.69, 9.17) is 5.41 Å². The van der Waals surface area contributed by atoms with Crippen LogP contribution in [0.15, 0.2) is 4.79 Å². The van der Waals surface area contributed by atoms with Gasteiger partial charge >= 0.3 is 5.97 Å². The predicted molar refractivity (Wildman–Crippen MR) is 63.6 cm³/mol. The van der Waals surface area contributed by atoms with Crippen LogP contribution in [0.2, 0.25) is 0 Å². The highest BCUT2D eigenvalue weighted by Crippen LogP contribution is 2.27. The van der Waals surface area contributed by atoms with Gasteiger partial charge in [-0.1, -0.05) is 25.7 Å². The highest BCUT2D eigenvalue weighted by atomic mass is 19.1. The molecule has 5 nitrogen and oxygen atoms in total. The highest BCUT2D eigenvalue weighted by molar-refractivity contribution is 5.92. The summed E-state index contributed by atoms with van der Waals surface area (Å²) < 4.78 is 12.9. The minimum absolute atomic E-state index is 0.0152. The van der Waals surface area contributed by atoms with Crippen molar-refractivity contribution in [2.75, 3.05) is 11.9 Å². The average molecular weight is 241 g/mol. The highest BCUT2D eigenvalue weighted by Gasteiger charge is 2.19. The molecule has 0 spiro atoms. The predicted octanol–water partition coefficient (Wildman–Crippen LogP) is 0.170. The van der Waals surface area contributed by atoms with E-state index >= 15 is 0 Å². The lowest BCUT2D eigenvalue weighted by atomic mass is 10.0. The second-order valence-electron chi connectivity index (χ2n) is 4.54. The first-order chi connectivity index (χ1) is 8.18.